The second kappa shape index (κ2) is 9.15. The van der Waals surface area contributed by atoms with Crippen LogP contribution in [0, 0.1) is 0 Å². The zero-order valence-corrected chi connectivity index (χ0v) is 17.9. The number of urea groups is 1. The van der Waals surface area contributed by atoms with Crippen LogP contribution in [0.5, 0.6) is 5.75 Å². The van der Waals surface area contributed by atoms with E-state index in [9.17, 15) is 9.59 Å². The fourth-order valence-corrected chi connectivity index (χ4v) is 3.57. The summed E-state index contributed by atoms with van der Waals surface area (Å²) in [6.45, 7) is 5.62. The second-order valence-corrected chi connectivity index (χ2v) is 7.61. The summed E-state index contributed by atoms with van der Waals surface area (Å²) in [4.78, 5) is 25.3. The van der Waals surface area contributed by atoms with Gasteiger partial charge in [-0.25, -0.2) is 4.79 Å². The number of hydrogen-bond donors (Lipinski definition) is 3. The van der Waals surface area contributed by atoms with E-state index in [1.165, 1.54) is 0 Å². The smallest absolute Gasteiger partial charge is 0.319 e. The van der Waals surface area contributed by atoms with Gasteiger partial charge in [0, 0.05) is 15.7 Å². The van der Waals surface area contributed by atoms with Crippen molar-refractivity contribution in [2.24, 2.45) is 0 Å². The molecule has 3 rings (SSSR count). The SMILES string of the molecule is C=CCOc1ccc(Br)cc1C1NC(=O)NC(C)=C1C(=O)Nc1ccccc1Cl. The maximum atomic E-state index is 13.1. The maximum Gasteiger partial charge on any atom is 0.319 e. The van der Waals surface area contributed by atoms with Gasteiger partial charge in [0.2, 0.25) is 0 Å². The number of halogens is 2. The van der Waals surface area contributed by atoms with Crippen molar-refractivity contribution in [2.45, 2.75) is 13.0 Å². The number of carbonyl (C=O) groups is 2. The fraction of sp³-hybridized carbons (Fsp3) is 0.143. The van der Waals surface area contributed by atoms with Gasteiger partial charge < -0.3 is 20.7 Å². The van der Waals surface area contributed by atoms with Crippen molar-refractivity contribution in [1.29, 1.82) is 0 Å². The lowest BCUT2D eigenvalue weighted by Crippen LogP contribution is -2.46. The number of rotatable bonds is 6. The molecule has 1 atom stereocenters. The molecule has 6 nitrogen and oxygen atoms in total. The molecule has 0 saturated heterocycles. The van der Waals surface area contributed by atoms with Crippen molar-refractivity contribution in [3.05, 3.63) is 81.4 Å². The molecule has 0 aliphatic carbocycles. The molecule has 2 aromatic rings. The van der Waals surface area contributed by atoms with Gasteiger partial charge in [0.15, 0.2) is 0 Å². The van der Waals surface area contributed by atoms with Gasteiger partial charge in [0.25, 0.3) is 5.91 Å². The van der Waals surface area contributed by atoms with Crippen LogP contribution in [0.25, 0.3) is 0 Å². The molecule has 0 spiro atoms. The number of para-hydroxylation sites is 1. The highest BCUT2D eigenvalue weighted by Crippen LogP contribution is 2.36. The zero-order chi connectivity index (χ0) is 21.0. The normalized spacial score (nSPS) is 16.0. The summed E-state index contributed by atoms with van der Waals surface area (Å²) < 4.78 is 6.53. The summed E-state index contributed by atoms with van der Waals surface area (Å²) in [7, 11) is 0. The molecule has 3 amide bonds. The van der Waals surface area contributed by atoms with Gasteiger partial charge >= 0.3 is 6.03 Å². The fourth-order valence-electron chi connectivity index (χ4n) is 3.01. The molecule has 2 aromatic carbocycles. The van der Waals surface area contributed by atoms with Crippen LogP contribution in [0.15, 0.2) is 70.9 Å². The van der Waals surface area contributed by atoms with E-state index in [2.05, 4.69) is 38.5 Å². The Labute approximate surface area is 182 Å². The standard InChI is InChI=1S/C21H19BrClN3O3/c1-3-10-29-17-9-8-13(22)11-14(17)19-18(12(2)24-21(28)26-19)20(27)25-16-7-5-4-6-15(16)23/h3-9,11,19H,1,10H2,2H3,(H,25,27)(H2,24,26,28). The van der Waals surface area contributed by atoms with Crippen LogP contribution in [0.2, 0.25) is 5.02 Å². The summed E-state index contributed by atoms with van der Waals surface area (Å²) >= 11 is 9.62. The molecule has 1 unspecified atom stereocenters. The lowest BCUT2D eigenvalue weighted by Gasteiger charge is -2.30. The molecule has 1 aliphatic rings. The number of carbonyl (C=O) groups excluding carboxylic acids is 2. The summed E-state index contributed by atoms with van der Waals surface area (Å²) in [6.07, 6.45) is 1.62. The van der Waals surface area contributed by atoms with E-state index in [1.54, 1.807) is 43.3 Å². The molecule has 1 aliphatic heterocycles. The van der Waals surface area contributed by atoms with Crippen molar-refractivity contribution >= 4 is 45.2 Å². The molecule has 29 heavy (non-hydrogen) atoms. The van der Waals surface area contributed by atoms with Gasteiger partial charge in [0.1, 0.15) is 12.4 Å². The van der Waals surface area contributed by atoms with Crippen LogP contribution in [-0.2, 0) is 4.79 Å². The van der Waals surface area contributed by atoms with Crippen molar-refractivity contribution < 1.29 is 14.3 Å². The Morgan fingerprint density at radius 2 is 2.10 bits per heavy atom. The predicted molar refractivity (Wildman–Crippen MR) is 117 cm³/mol. The quantitative estimate of drug-likeness (QED) is 0.517. The zero-order valence-electron chi connectivity index (χ0n) is 15.6. The van der Waals surface area contributed by atoms with Crippen LogP contribution in [0.1, 0.15) is 18.5 Å². The highest BCUT2D eigenvalue weighted by atomic mass is 79.9. The molecule has 0 aromatic heterocycles. The molecule has 8 heteroatoms. The van der Waals surface area contributed by atoms with E-state index in [-0.39, 0.29) is 12.5 Å². The van der Waals surface area contributed by atoms with E-state index in [0.717, 1.165) is 4.47 Å². The molecule has 150 valence electrons. The highest BCUT2D eigenvalue weighted by molar-refractivity contribution is 9.10. The molecule has 0 radical (unpaired) electrons. The average molecular weight is 477 g/mol. The summed E-state index contributed by atoms with van der Waals surface area (Å²) in [5.41, 5.74) is 1.91. The van der Waals surface area contributed by atoms with E-state index in [4.69, 9.17) is 16.3 Å². The van der Waals surface area contributed by atoms with Crippen LogP contribution in [0.3, 0.4) is 0 Å². The lowest BCUT2D eigenvalue weighted by atomic mass is 9.94. The third-order valence-corrected chi connectivity index (χ3v) is 5.10. The monoisotopic (exact) mass is 475 g/mol. The number of nitrogens with one attached hydrogen (secondary N) is 3. The van der Waals surface area contributed by atoms with Gasteiger partial charge in [-0.05, 0) is 37.3 Å². The number of hydrogen-bond acceptors (Lipinski definition) is 3. The molecule has 1 heterocycles. The van der Waals surface area contributed by atoms with E-state index in [0.29, 0.717) is 33.3 Å². The minimum absolute atomic E-state index is 0.289. The average Bonchev–Trinajstić information content (AvgIpc) is 2.68. The third-order valence-electron chi connectivity index (χ3n) is 4.28. The summed E-state index contributed by atoms with van der Waals surface area (Å²) in [5, 5.41) is 8.70. The van der Waals surface area contributed by atoms with E-state index < -0.39 is 12.1 Å². The van der Waals surface area contributed by atoms with Gasteiger partial charge in [-0.2, -0.15) is 0 Å². The minimum Gasteiger partial charge on any atom is -0.489 e. The van der Waals surface area contributed by atoms with Gasteiger partial charge in [-0.1, -0.05) is 52.3 Å². The van der Waals surface area contributed by atoms with Crippen molar-refractivity contribution in [1.82, 2.24) is 10.6 Å². The van der Waals surface area contributed by atoms with Crippen LogP contribution in [0.4, 0.5) is 10.5 Å². The Hall–Kier alpha value is -2.77. The number of anilines is 1. The Morgan fingerprint density at radius 3 is 2.83 bits per heavy atom. The number of allylic oxidation sites excluding steroid dienone is 1. The summed E-state index contributed by atoms with van der Waals surface area (Å²) in [6, 6.07) is 11.2. The minimum atomic E-state index is -0.719. The number of ether oxygens (including phenoxy) is 1. The number of benzene rings is 2. The highest BCUT2D eigenvalue weighted by Gasteiger charge is 2.33. The van der Waals surface area contributed by atoms with Crippen LogP contribution in [-0.4, -0.2) is 18.5 Å². The molecule has 0 bridgehead atoms. The maximum absolute atomic E-state index is 13.1. The first-order valence-electron chi connectivity index (χ1n) is 8.78. The second-order valence-electron chi connectivity index (χ2n) is 6.29. The van der Waals surface area contributed by atoms with E-state index in [1.807, 2.05) is 12.1 Å². The molecule has 0 saturated carbocycles. The predicted octanol–water partition coefficient (Wildman–Crippen LogP) is 4.93. The topological polar surface area (TPSA) is 79.5 Å². The summed E-state index contributed by atoms with van der Waals surface area (Å²) in [5.74, 6) is 0.152. The Kier molecular flexibility index (Phi) is 6.61. The largest absolute Gasteiger partial charge is 0.489 e. The Morgan fingerprint density at radius 1 is 1.34 bits per heavy atom. The molecular weight excluding hydrogens is 458 g/mol. The van der Waals surface area contributed by atoms with Crippen LogP contribution < -0.4 is 20.7 Å². The van der Waals surface area contributed by atoms with E-state index >= 15 is 0 Å². The third kappa shape index (κ3) is 4.81. The van der Waals surface area contributed by atoms with Gasteiger partial charge in [0.05, 0.1) is 22.3 Å². The Bertz CT molecular complexity index is 1010. The van der Waals surface area contributed by atoms with Crippen molar-refractivity contribution in [3.63, 3.8) is 0 Å². The number of amides is 3. The lowest BCUT2D eigenvalue weighted by molar-refractivity contribution is -0.113. The first kappa shape index (κ1) is 21.0. The Balaban J connectivity index is 2.03. The first-order valence-corrected chi connectivity index (χ1v) is 9.95. The van der Waals surface area contributed by atoms with Crippen molar-refractivity contribution in [3.8, 4) is 5.75 Å². The van der Waals surface area contributed by atoms with Crippen molar-refractivity contribution in [2.75, 3.05) is 11.9 Å². The van der Waals surface area contributed by atoms with Gasteiger partial charge in [-0.15, -0.1) is 0 Å². The van der Waals surface area contributed by atoms with Crippen LogP contribution >= 0.6 is 27.5 Å². The van der Waals surface area contributed by atoms with Gasteiger partial charge in [-0.3, -0.25) is 4.79 Å². The first-order chi connectivity index (χ1) is 13.9. The molecule has 0 fully saturated rings. The molecular formula is C21H19BrClN3O3. The molecule has 3 N–H and O–H groups in total.